The van der Waals surface area contributed by atoms with Crippen LogP contribution in [0.3, 0.4) is 0 Å². The number of nitrogens with zero attached hydrogens (tertiary/aromatic N) is 2. The average Bonchev–Trinajstić information content (AvgIpc) is 3.54. The lowest BCUT2D eigenvalue weighted by Gasteiger charge is -2.44. The van der Waals surface area contributed by atoms with Crippen molar-refractivity contribution in [1.29, 1.82) is 0 Å². The van der Waals surface area contributed by atoms with Crippen molar-refractivity contribution < 1.29 is 35.9 Å². The standard InChI is InChI=1S/C32H41F3N2O5S/c1-41-31(38)29-21-36(30(24-9-5-6-10-24)25-11-13-26(14-12-25)32(33,34)35)19-20-37(29)43(39,40)28-17-15-27(16-18-28)42-22-23-7-3-2-4-8-23/h11-18,23-24,29-30H,2-10,19-22H2,1H3. The quantitative estimate of drug-likeness (QED) is 0.300. The molecular formula is C32H41F3N2O5S. The molecule has 2 aromatic rings. The molecular weight excluding hydrogens is 581 g/mol. The minimum atomic E-state index is -4.43. The van der Waals surface area contributed by atoms with Gasteiger partial charge in [0, 0.05) is 25.7 Å². The number of carbonyl (C=O) groups excluding carboxylic acids is 1. The SMILES string of the molecule is COC(=O)C1CN(C(c2ccc(C(F)(F)F)cc2)C2CCCC2)CCN1S(=O)(=O)c1ccc(OCC2CCCCC2)cc1. The van der Waals surface area contributed by atoms with E-state index in [9.17, 15) is 26.4 Å². The van der Waals surface area contributed by atoms with E-state index in [2.05, 4.69) is 0 Å². The Bertz CT molecular complexity index is 1320. The van der Waals surface area contributed by atoms with Gasteiger partial charge in [0.2, 0.25) is 10.0 Å². The lowest BCUT2D eigenvalue weighted by Crippen LogP contribution is -2.59. The predicted octanol–water partition coefficient (Wildman–Crippen LogP) is 6.44. The second-order valence-corrected chi connectivity index (χ2v) is 13.9. The summed E-state index contributed by atoms with van der Waals surface area (Å²) in [5.41, 5.74) is 0.0267. The van der Waals surface area contributed by atoms with Crippen molar-refractivity contribution in [3.8, 4) is 5.75 Å². The maximum absolute atomic E-state index is 13.8. The van der Waals surface area contributed by atoms with E-state index in [0.29, 0.717) is 24.8 Å². The lowest BCUT2D eigenvalue weighted by atomic mass is 9.89. The Labute approximate surface area is 252 Å². The molecule has 2 unspecified atom stereocenters. The summed E-state index contributed by atoms with van der Waals surface area (Å²) in [6.07, 6.45) is 5.44. The normalized spacial score (nSPS) is 22.4. The van der Waals surface area contributed by atoms with Gasteiger partial charge in [-0.05, 0) is 79.5 Å². The first-order valence-corrected chi connectivity index (χ1v) is 16.8. The lowest BCUT2D eigenvalue weighted by molar-refractivity contribution is -0.147. The van der Waals surface area contributed by atoms with Crippen molar-refractivity contribution in [2.24, 2.45) is 11.8 Å². The van der Waals surface area contributed by atoms with Gasteiger partial charge >= 0.3 is 12.1 Å². The van der Waals surface area contributed by atoms with Crippen LogP contribution < -0.4 is 4.74 Å². The van der Waals surface area contributed by atoms with Gasteiger partial charge in [0.25, 0.3) is 0 Å². The van der Waals surface area contributed by atoms with E-state index in [0.717, 1.165) is 56.2 Å². The van der Waals surface area contributed by atoms with Gasteiger partial charge in [-0.2, -0.15) is 17.5 Å². The van der Waals surface area contributed by atoms with E-state index < -0.39 is 33.8 Å². The zero-order valence-corrected chi connectivity index (χ0v) is 25.4. The molecule has 2 aliphatic carbocycles. The Kier molecular flexibility index (Phi) is 10.0. The molecule has 0 N–H and O–H groups in total. The summed E-state index contributed by atoms with van der Waals surface area (Å²) in [6, 6.07) is 10.2. The number of benzene rings is 2. The highest BCUT2D eigenvalue weighted by Gasteiger charge is 2.44. The fraction of sp³-hybridized carbons (Fsp3) is 0.594. The number of hydrogen-bond acceptors (Lipinski definition) is 6. The number of methoxy groups -OCH3 is 1. The van der Waals surface area contributed by atoms with Gasteiger partial charge < -0.3 is 9.47 Å². The molecule has 3 aliphatic rings. The fourth-order valence-corrected chi connectivity index (χ4v) is 8.55. The van der Waals surface area contributed by atoms with E-state index >= 15 is 0 Å². The smallest absolute Gasteiger partial charge is 0.416 e. The fourth-order valence-electron chi connectivity index (χ4n) is 6.99. The van der Waals surface area contributed by atoms with Crippen LogP contribution in [0.4, 0.5) is 13.2 Å². The third kappa shape index (κ3) is 7.37. The molecule has 43 heavy (non-hydrogen) atoms. The number of sulfonamides is 1. The maximum atomic E-state index is 13.8. The zero-order valence-electron chi connectivity index (χ0n) is 24.6. The monoisotopic (exact) mass is 622 g/mol. The molecule has 0 radical (unpaired) electrons. The molecule has 0 spiro atoms. The molecule has 1 saturated heterocycles. The van der Waals surface area contributed by atoms with Crippen molar-refractivity contribution in [1.82, 2.24) is 9.21 Å². The summed E-state index contributed by atoms with van der Waals surface area (Å²) in [4.78, 5) is 15.1. The highest BCUT2D eigenvalue weighted by atomic mass is 32.2. The highest BCUT2D eigenvalue weighted by Crippen LogP contribution is 2.42. The topological polar surface area (TPSA) is 76.2 Å². The van der Waals surface area contributed by atoms with Gasteiger partial charge in [-0.3, -0.25) is 9.69 Å². The zero-order chi connectivity index (χ0) is 30.6. The number of halogens is 3. The Morgan fingerprint density at radius 3 is 2.14 bits per heavy atom. The van der Waals surface area contributed by atoms with Crippen molar-refractivity contribution in [2.45, 2.75) is 80.9 Å². The number of alkyl halides is 3. The van der Waals surface area contributed by atoms with Crippen molar-refractivity contribution in [3.05, 3.63) is 59.7 Å². The first kappa shape index (κ1) is 31.8. The summed E-state index contributed by atoms with van der Waals surface area (Å²) >= 11 is 0. The summed E-state index contributed by atoms with van der Waals surface area (Å²) in [6.45, 7) is 1.07. The minimum absolute atomic E-state index is 0.0475. The summed E-state index contributed by atoms with van der Waals surface area (Å²) in [5, 5.41) is 0. The molecule has 11 heteroatoms. The first-order valence-electron chi connectivity index (χ1n) is 15.3. The van der Waals surface area contributed by atoms with E-state index in [1.54, 1.807) is 12.1 Å². The number of hydrogen-bond donors (Lipinski definition) is 0. The summed E-state index contributed by atoms with van der Waals surface area (Å²) in [7, 11) is -2.82. The van der Waals surface area contributed by atoms with Crippen LogP contribution in [0.25, 0.3) is 0 Å². The van der Waals surface area contributed by atoms with E-state index in [-0.39, 0.29) is 29.9 Å². The van der Waals surface area contributed by atoms with Crippen LogP contribution in [0.1, 0.15) is 75.0 Å². The van der Waals surface area contributed by atoms with Crippen LogP contribution in [0, 0.1) is 11.8 Å². The molecule has 1 heterocycles. The molecule has 236 valence electrons. The molecule has 5 rings (SSSR count). The second kappa shape index (κ2) is 13.6. The predicted molar refractivity (Wildman–Crippen MR) is 156 cm³/mol. The largest absolute Gasteiger partial charge is 0.493 e. The average molecular weight is 623 g/mol. The Hall–Kier alpha value is -2.63. The molecule has 2 aromatic carbocycles. The van der Waals surface area contributed by atoms with Gasteiger partial charge in [0.05, 0.1) is 24.2 Å². The van der Waals surface area contributed by atoms with Crippen LogP contribution in [0.15, 0.2) is 53.4 Å². The summed E-state index contributed by atoms with van der Waals surface area (Å²) < 4.78 is 79.6. The number of piperazine rings is 1. The number of ether oxygens (including phenoxy) is 2. The van der Waals surface area contributed by atoms with Crippen LogP contribution in [0.2, 0.25) is 0 Å². The van der Waals surface area contributed by atoms with E-state index in [1.807, 2.05) is 4.90 Å². The Balaban J connectivity index is 1.34. The van der Waals surface area contributed by atoms with Gasteiger partial charge in [0.15, 0.2) is 0 Å². The van der Waals surface area contributed by atoms with Gasteiger partial charge in [-0.15, -0.1) is 0 Å². The van der Waals surface area contributed by atoms with E-state index in [4.69, 9.17) is 9.47 Å². The number of carbonyl (C=O) groups is 1. The molecule has 0 bridgehead atoms. The third-order valence-corrected chi connectivity index (χ3v) is 11.2. The molecule has 2 saturated carbocycles. The van der Waals surface area contributed by atoms with Crippen LogP contribution in [-0.2, 0) is 25.7 Å². The minimum Gasteiger partial charge on any atom is -0.493 e. The molecule has 0 amide bonds. The highest BCUT2D eigenvalue weighted by molar-refractivity contribution is 7.89. The van der Waals surface area contributed by atoms with Gasteiger partial charge in [0.1, 0.15) is 11.8 Å². The molecule has 7 nitrogen and oxygen atoms in total. The van der Waals surface area contributed by atoms with Gasteiger partial charge in [-0.25, -0.2) is 8.42 Å². The van der Waals surface area contributed by atoms with Crippen molar-refractivity contribution in [2.75, 3.05) is 33.4 Å². The van der Waals surface area contributed by atoms with Crippen molar-refractivity contribution in [3.63, 3.8) is 0 Å². The first-order chi connectivity index (χ1) is 20.6. The molecule has 3 fully saturated rings. The molecule has 0 aromatic heterocycles. The van der Waals surface area contributed by atoms with Crippen LogP contribution >= 0.6 is 0 Å². The molecule has 2 atom stereocenters. The Morgan fingerprint density at radius 1 is 0.907 bits per heavy atom. The summed E-state index contributed by atoms with van der Waals surface area (Å²) in [5.74, 6) is 0.650. The molecule has 1 aliphatic heterocycles. The number of rotatable bonds is 9. The Morgan fingerprint density at radius 2 is 1.53 bits per heavy atom. The number of esters is 1. The van der Waals surface area contributed by atoms with Crippen molar-refractivity contribution >= 4 is 16.0 Å². The van der Waals surface area contributed by atoms with Crippen LogP contribution in [-0.4, -0.2) is 63.0 Å². The van der Waals surface area contributed by atoms with E-state index in [1.165, 1.54) is 54.9 Å². The van der Waals surface area contributed by atoms with Crippen LogP contribution in [0.5, 0.6) is 5.75 Å². The maximum Gasteiger partial charge on any atom is 0.416 e. The second-order valence-electron chi connectivity index (χ2n) is 12.0. The third-order valence-electron chi connectivity index (χ3n) is 9.30. The van der Waals surface area contributed by atoms with Gasteiger partial charge in [-0.1, -0.05) is 44.2 Å².